The monoisotopic (exact) mass is 411 g/mol. The Hall–Kier alpha value is -4.08. The fraction of sp³-hybridized carbons (Fsp3) is 0.100. The Balaban J connectivity index is 1.78. The van der Waals surface area contributed by atoms with Crippen molar-refractivity contribution in [2.75, 3.05) is 12.4 Å². The van der Waals surface area contributed by atoms with E-state index in [1.807, 2.05) is 42.1 Å². The van der Waals surface area contributed by atoms with Crippen LogP contribution in [0.4, 0.5) is 26.1 Å². The van der Waals surface area contributed by atoms with Crippen molar-refractivity contribution in [1.82, 2.24) is 14.5 Å². The quantitative estimate of drug-likeness (QED) is 0.382. The van der Waals surface area contributed by atoms with Crippen LogP contribution in [-0.4, -0.2) is 26.6 Å². The van der Waals surface area contributed by atoms with Gasteiger partial charge in [-0.15, -0.1) is 0 Å². The zero-order valence-electron chi connectivity index (χ0n) is 15.9. The number of anilines is 2. The molecule has 0 atom stereocenters. The van der Waals surface area contributed by atoms with Crippen LogP contribution in [0, 0.1) is 21.7 Å². The average molecular weight is 411 g/mol. The molecule has 0 fully saturated rings. The topological polar surface area (TPSA) is 95.1 Å². The van der Waals surface area contributed by atoms with Crippen LogP contribution in [0.3, 0.4) is 0 Å². The van der Waals surface area contributed by atoms with E-state index >= 15 is 0 Å². The number of hydrogen-bond donors (Lipinski definition) is 1. The normalized spacial score (nSPS) is 10.9. The van der Waals surface area contributed by atoms with E-state index in [1.54, 1.807) is 6.07 Å². The third-order valence-electron chi connectivity index (χ3n) is 4.62. The van der Waals surface area contributed by atoms with Crippen molar-refractivity contribution in [3.05, 3.63) is 70.5 Å². The van der Waals surface area contributed by atoms with Crippen LogP contribution in [0.1, 0.15) is 0 Å². The highest BCUT2D eigenvalue weighted by atomic mass is 19.2. The zero-order valence-corrected chi connectivity index (χ0v) is 15.9. The number of benzene rings is 2. The molecule has 0 aliphatic heterocycles. The molecule has 0 aliphatic carbocycles. The van der Waals surface area contributed by atoms with Gasteiger partial charge >= 0.3 is 5.69 Å². The van der Waals surface area contributed by atoms with Crippen molar-refractivity contribution >= 4 is 28.2 Å². The first-order valence-electron chi connectivity index (χ1n) is 8.75. The number of nitrogens with one attached hydrogen (secondary N) is 1. The molecule has 2 aromatic heterocycles. The summed E-state index contributed by atoms with van der Waals surface area (Å²) in [5.74, 6) is -3.55. The molecule has 4 aromatic rings. The van der Waals surface area contributed by atoms with Crippen LogP contribution in [0.5, 0.6) is 5.75 Å². The third-order valence-corrected chi connectivity index (χ3v) is 4.62. The first-order chi connectivity index (χ1) is 14.4. The molecule has 1 N–H and O–H groups in total. The standard InChI is InChI=1S/C20H15F2N5O3/c1-26-10-12(11-5-3-4-6-15(11)26)13-7-8-23-20(24-13)25-14-9-16(27(28)29)17(21)18(22)19(14)30-2/h3-10H,1-2H3,(H,23,24,25). The maximum absolute atomic E-state index is 14.2. The van der Waals surface area contributed by atoms with E-state index in [0.717, 1.165) is 29.6 Å². The molecule has 0 saturated heterocycles. The Morgan fingerprint density at radius 2 is 1.97 bits per heavy atom. The van der Waals surface area contributed by atoms with Crippen molar-refractivity contribution in [2.24, 2.45) is 7.05 Å². The number of methoxy groups -OCH3 is 1. The second-order valence-corrected chi connectivity index (χ2v) is 6.42. The number of aromatic nitrogens is 3. The maximum atomic E-state index is 14.2. The number of fused-ring (bicyclic) bond motifs is 1. The molecule has 30 heavy (non-hydrogen) atoms. The smallest absolute Gasteiger partial charge is 0.310 e. The maximum Gasteiger partial charge on any atom is 0.310 e. The summed E-state index contributed by atoms with van der Waals surface area (Å²) in [5, 5.41) is 14.7. The summed E-state index contributed by atoms with van der Waals surface area (Å²) in [6.45, 7) is 0. The molecule has 2 aromatic carbocycles. The number of nitro groups is 1. The number of hydrogen-bond acceptors (Lipinski definition) is 6. The van der Waals surface area contributed by atoms with E-state index in [-0.39, 0.29) is 11.6 Å². The van der Waals surface area contributed by atoms with Gasteiger partial charge in [0.1, 0.15) is 0 Å². The molecule has 0 saturated carbocycles. The van der Waals surface area contributed by atoms with Gasteiger partial charge in [0.2, 0.25) is 17.6 Å². The molecular formula is C20H15F2N5O3. The minimum absolute atomic E-state index is 0.0408. The summed E-state index contributed by atoms with van der Waals surface area (Å²) < 4.78 is 35.0. The van der Waals surface area contributed by atoms with Gasteiger partial charge in [-0.2, -0.15) is 8.78 Å². The van der Waals surface area contributed by atoms with Crippen molar-refractivity contribution in [3.8, 4) is 17.0 Å². The SMILES string of the molecule is COc1c(Nc2nccc(-c3cn(C)c4ccccc34)n2)cc([N+](=O)[O-])c(F)c1F. The van der Waals surface area contributed by atoms with Crippen LogP contribution in [0.15, 0.2) is 48.8 Å². The first kappa shape index (κ1) is 19.2. The number of nitrogens with zero attached hydrogens (tertiary/aromatic N) is 4. The van der Waals surface area contributed by atoms with Gasteiger partial charge in [0.05, 0.1) is 23.4 Å². The van der Waals surface area contributed by atoms with Crippen LogP contribution >= 0.6 is 0 Å². The van der Waals surface area contributed by atoms with Gasteiger partial charge in [0.15, 0.2) is 5.75 Å². The lowest BCUT2D eigenvalue weighted by atomic mass is 10.1. The van der Waals surface area contributed by atoms with Crippen LogP contribution < -0.4 is 10.1 Å². The average Bonchev–Trinajstić information content (AvgIpc) is 3.08. The molecule has 10 heteroatoms. The minimum Gasteiger partial charge on any atom is -0.491 e. The Bertz CT molecular complexity index is 1290. The van der Waals surface area contributed by atoms with Gasteiger partial charge in [-0.1, -0.05) is 18.2 Å². The summed E-state index contributed by atoms with van der Waals surface area (Å²) >= 11 is 0. The summed E-state index contributed by atoms with van der Waals surface area (Å²) in [7, 11) is 3.04. The lowest BCUT2D eigenvalue weighted by molar-refractivity contribution is -0.387. The second kappa shape index (κ2) is 7.39. The van der Waals surface area contributed by atoms with Gasteiger partial charge in [-0.25, -0.2) is 9.97 Å². The van der Waals surface area contributed by atoms with Crippen molar-refractivity contribution < 1.29 is 18.4 Å². The largest absolute Gasteiger partial charge is 0.491 e. The molecule has 0 amide bonds. The number of rotatable bonds is 5. The number of ether oxygens (including phenoxy) is 1. The second-order valence-electron chi connectivity index (χ2n) is 6.42. The fourth-order valence-electron chi connectivity index (χ4n) is 3.26. The molecule has 0 unspecified atom stereocenters. The van der Waals surface area contributed by atoms with Gasteiger partial charge < -0.3 is 14.6 Å². The summed E-state index contributed by atoms with van der Waals surface area (Å²) in [6.07, 6.45) is 3.41. The van der Waals surface area contributed by atoms with E-state index in [2.05, 4.69) is 15.3 Å². The molecule has 2 heterocycles. The lowest BCUT2D eigenvalue weighted by Crippen LogP contribution is -2.05. The summed E-state index contributed by atoms with van der Waals surface area (Å²) in [5.41, 5.74) is 1.25. The molecule has 8 nitrogen and oxygen atoms in total. The molecule has 0 bridgehead atoms. The fourth-order valence-corrected chi connectivity index (χ4v) is 3.26. The Morgan fingerprint density at radius 1 is 1.20 bits per heavy atom. The van der Waals surface area contributed by atoms with Gasteiger partial charge in [-0.3, -0.25) is 10.1 Å². The van der Waals surface area contributed by atoms with Gasteiger partial charge in [0, 0.05) is 42.0 Å². The zero-order chi connectivity index (χ0) is 21.4. The Labute approximate surface area is 168 Å². The summed E-state index contributed by atoms with van der Waals surface area (Å²) in [6, 6.07) is 10.3. The van der Waals surface area contributed by atoms with E-state index in [9.17, 15) is 18.9 Å². The molecule has 152 valence electrons. The molecule has 0 radical (unpaired) electrons. The predicted octanol–water partition coefficient (Wildman–Crippen LogP) is 4.57. The molecular weight excluding hydrogens is 396 g/mol. The Kier molecular flexibility index (Phi) is 4.74. The van der Waals surface area contributed by atoms with Crippen molar-refractivity contribution in [3.63, 3.8) is 0 Å². The summed E-state index contributed by atoms with van der Waals surface area (Å²) in [4.78, 5) is 18.5. The van der Waals surface area contributed by atoms with Crippen molar-refractivity contribution in [2.45, 2.75) is 0 Å². The highest BCUT2D eigenvalue weighted by Gasteiger charge is 2.26. The van der Waals surface area contributed by atoms with Crippen LogP contribution in [0.2, 0.25) is 0 Å². The van der Waals surface area contributed by atoms with E-state index < -0.39 is 28.0 Å². The van der Waals surface area contributed by atoms with Crippen LogP contribution in [-0.2, 0) is 7.05 Å². The van der Waals surface area contributed by atoms with E-state index in [4.69, 9.17) is 4.74 Å². The highest BCUT2D eigenvalue weighted by molar-refractivity contribution is 5.95. The van der Waals surface area contributed by atoms with E-state index in [0.29, 0.717) is 5.69 Å². The van der Waals surface area contributed by atoms with Gasteiger partial charge in [-0.05, 0) is 12.1 Å². The molecule has 0 aliphatic rings. The van der Waals surface area contributed by atoms with Crippen molar-refractivity contribution in [1.29, 1.82) is 0 Å². The number of aryl methyl sites for hydroxylation is 1. The molecule has 4 rings (SSSR count). The lowest BCUT2D eigenvalue weighted by Gasteiger charge is -2.12. The number of para-hydroxylation sites is 1. The first-order valence-corrected chi connectivity index (χ1v) is 8.75. The number of halogens is 2. The highest BCUT2D eigenvalue weighted by Crippen LogP contribution is 2.37. The Morgan fingerprint density at radius 3 is 2.70 bits per heavy atom. The third kappa shape index (κ3) is 3.17. The number of nitro benzene ring substituents is 1. The minimum atomic E-state index is -1.60. The van der Waals surface area contributed by atoms with Gasteiger partial charge in [0.25, 0.3) is 0 Å². The van der Waals surface area contributed by atoms with E-state index in [1.165, 1.54) is 6.20 Å². The molecule has 0 spiro atoms. The predicted molar refractivity (Wildman–Crippen MR) is 107 cm³/mol. The van der Waals surface area contributed by atoms with Crippen LogP contribution in [0.25, 0.3) is 22.2 Å².